The number of carbonyl (C=O) groups excluding carboxylic acids is 1. The molecule has 0 saturated heterocycles. The van der Waals surface area contributed by atoms with Gasteiger partial charge in [0.05, 0.1) is 25.0 Å². The van der Waals surface area contributed by atoms with E-state index in [1.54, 1.807) is 4.68 Å². The number of hydrogen-bond donors (Lipinski definition) is 0. The minimum absolute atomic E-state index is 0.157. The fraction of sp³-hybridized carbons (Fsp3) is 0.636. The second-order valence-corrected chi connectivity index (χ2v) is 4.60. The summed E-state index contributed by atoms with van der Waals surface area (Å²) < 4.78 is 11.9. The van der Waals surface area contributed by atoms with Gasteiger partial charge >= 0.3 is 5.97 Å². The van der Waals surface area contributed by atoms with Crippen LogP contribution in [0, 0.1) is 0 Å². The minimum Gasteiger partial charge on any atom is -0.468 e. The first kappa shape index (κ1) is 11.1. The van der Waals surface area contributed by atoms with E-state index in [9.17, 15) is 4.79 Å². The van der Waals surface area contributed by atoms with Gasteiger partial charge in [-0.15, -0.1) is 0 Å². The van der Waals surface area contributed by atoms with Gasteiger partial charge in [-0.1, -0.05) is 0 Å². The van der Waals surface area contributed by atoms with E-state index in [4.69, 9.17) is 4.74 Å². The van der Waals surface area contributed by atoms with E-state index in [1.165, 1.54) is 7.11 Å². The lowest BCUT2D eigenvalue weighted by Crippen LogP contribution is -2.31. The fourth-order valence-electron chi connectivity index (χ4n) is 1.78. The van der Waals surface area contributed by atoms with Crippen molar-refractivity contribution >= 4 is 5.97 Å². The van der Waals surface area contributed by atoms with Crippen LogP contribution in [0.4, 0.5) is 0 Å². The van der Waals surface area contributed by atoms with Crippen LogP contribution in [0.5, 0.6) is 0 Å². The van der Waals surface area contributed by atoms with E-state index in [1.807, 2.05) is 20.0 Å². The molecule has 0 N–H and O–H groups in total. The highest BCUT2D eigenvalue weighted by atomic mass is 16.5. The average molecular weight is 224 g/mol. The molecular formula is C11H16N2O3. The van der Waals surface area contributed by atoms with Crippen molar-refractivity contribution in [3.05, 3.63) is 17.5 Å². The van der Waals surface area contributed by atoms with Crippen LogP contribution >= 0.6 is 0 Å². The SMILES string of the molecule is COC(=O)Cn1cc2c(n1)CC(C)(C)OC2. The van der Waals surface area contributed by atoms with Crippen LogP contribution in [-0.4, -0.2) is 28.5 Å². The Balaban J connectivity index is 2.15. The summed E-state index contributed by atoms with van der Waals surface area (Å²) in [5, 5.41) is 4.37. The van der Waals surface area contributed by atoms with Crippen molar-refractivity contribution in [2.24, 2.45) is 0 Å². The molecule has 1 aromatic heterocycles. The van der Waals surface area contributed by atoms with Gasteiger partial charge in [0.25, 0.3) is 0 Å². The summed E-state index contributed by atoms with van der Waals surface area (Å²) in [7, 11) is 1.37. The lowest BCUT2D eigenvalue weighted by molar-refractivity contribution is -0.141. The molecular weight excluding hydrogens is 208 g/mol. The molecule has 0 amide bonds. The summed E-state index contributed by atoms with van der Waals surface area (Å²) in [6.07, 6.45) is 2.62. The smallest absolute Gasteiger partial charge is 0.327 e. The van der Waals surface area contributed by atoms with Crippen molar-refractivity contribution in [3.8, 4) is 0 Å². The van der Waals surface area contributed by atoms with Crippen molar-refractivity contribution in [1.29, 1.82) is 0 Å². The number of fused-ring (bicyclic) bond motifs is 1. The van der Waals surface area contributed by atoms with Gasteiger partial charge in [0.15, 0.2) is 0 Å². The van der Waals surface area contributed by atoms with Gasteiger partial charge in [-0.2, -0.15) is 5.10 Å². The molecule has 0 fully saturated rings. The number of aromatic nitrogens is 2. The van der Waals surface area contributed by atoms with Gasteiger partial charge in [-0.3, -0.25) is 9.48 Å². The zero-order valence-corrected chi connectivity index (χ0v) is 9.82. The standard InChI is InChI=1S/C11H16N2O3/c1-11(2)4-9-8(7-16-11)5-13(12-9)6-10(14)15-3/h5H,4,6-7H2,1-3H3. The maximum absolute atomic E-state index is 11.1. The summed E-state index contributed by atoms with van der Waals surface area (Å²) in [6.45, 7) is 4.79. The predicted octanol–water partition coefficient (Wildman–Crippen LogP) is 0.907. The molecule has 1 aliphatic heterocycles. The van der Waals surface area contributed by atoms with Crippen molar-refractivity contribution in [3.63, 3.8) is 0 Å². The van der Waals surface area contributed by atoms with E-state index < -0.39 is 0 Å². The normalized spacial score (nSPS) is 17.9. The largest absolute Gasteiger partial charge is 0.468 e. The summed E-state index contributed by atoms with van der Waals surface area (Å²) >= 11 is 0. The van der Waals surface area contributed by atoms with Crippen LogP contribution in [0.1, 0.15) is 25.1 Å². The van der Waals surface area contributed by atoms with Crippen LogP contribution in [-0.2, 0) is 33.8 Å². The zero-order valence-electron chi connectivity index (χ0n) is 9.82. The lowest BCUT2D eigenvalue weighted by Gasteiger charge is -2.28. The van der Waals surface area contributed by atoms with E-state index in [0.29, 0.717) is 6.61 Å². The monoisotopic (exact) mass is 224 g/mol. The Kier molecular flexibility index (Phi) is 2.71. The molecule has 1 aliphatic rings. The Hall–Kier alpha value is -1.36. The number of methoxy groups -OCH3 is 1. The topological polar surface area (TPSA) is 53.4 Å². The molecule has 88 valence electrons. The molecule has 1 aromatic rings. The van der Waals surface area contributed by atoms with Crippen LogP contribution in [0.25, 0.3) is 0 Å². The average Bonchev–Trinajstić information content (AvgIpc) is 2.57. The second kappa shape index (κ2) is 3.90. The number of rotatable bonds is 2. The second-order valence-electron chi connectivity index (χ2n) is 4.60. The maximum atomic E-state index is 11.1. The molecule has 16 heavy (non-hydrogen) atoms. The minimum atomic E-state index is -0.292. The molecule has 0 spiro atoms. The Morgan fingerprint density at radius 2 is 2.44 bits per heavy atom. The highest BCUT2D eigenvalue weighted by Crippen LogP contribution is 2.26. The number of ether oxygens (including phenoxy) is 2. The van der Waals surface area contributed by atoms with Crippen molar-refractivity contribution in [2.45, 2.75) is 39.0 Å². The van der Waals surface area contributed by atoms with Gasteiger partial charge in [-0.25, -0.2) is 0 Å². The van der Waals surface area contributed by atoms with Gasteiger partial charge < -0.3 is 9.47 Å². The Bertz CT molecular complexity index is 409. The summed E-state index contributed by atoms with van der Waals surface area (Å²) in [5.41, 5.74) is 1.90. The molecule has 0 saturated carbocycles. The molecule has 0 bridgehead atoms. The van der Waals surface area contributed by atoms with Crippen LogP contribution in [0.15, 0.2) is 6.20 Å². The van der Waals surface area contributed by atoms with Crippen molar-refractivity contribution < 1.29 is 14.3 Å². The van der Waals surface area contributed by atoms with Crippen LogP contribution < -0.4 is 0 Å². The molecule has 2 rings (SSSR count). The Morgan fingerprint density at radius 3 is 3.12 bits per heavy atom. The quantitative estimate of drug-likeness (QED) is 0.701. The molecule has 0 atom stereocenters. The van der Waals surface area contributed by atoms with Gasteiger partial charge in [0, 0.05) is 18.2 Å². The van der Waals surface area contributed by atoms with Crippen LogP contribution in [0.3, 0.4) is 0 Å². The summed E-state index contributed by atoms with van der Waals surface area (Å²) in [6, 6.07) is 0. The number of carbonyl (C=O) groups is 1. The molecule has 2 heterocycles. The first-order valence-corrected chi connectivity index (χ1v) is 5.26. The highest BCUT2D eigenvalue weighted by molar-refractivity contribution is 5.68. The van der Waals surface area contributed by atoms with Crippen molar-refractivity contribution in [2.75, 3.05) is 7.11 Å². The van der Waals surface area contributed by atoms with E-state index in [-0.39, 0.29) is 18.1 Å². The third kappa shape index (κ3) is 2.24. The van der Waals surface area contributed by atoms with Crippen molar-refractivity contribution in [1.82, 2.24) is 9.78 Å². The molecule has 0 aliphatic carbocycles. The third-order valence-corrected chi connectivity index (χ3v) is 2.66. The molecule has 5 heteroatoms. The fourth-order valence-corrected chi connectivity index (χ4v) is 1.78. The van der Waals surface area contributed by atoms with E-state index in [2.05, 4.69) is 9.84 Å². The van der Waals surface area contributed by atoms with Gasteiger partial charge in [0.1, 0.15) is 6.54 Å². The summed E-state index contributed by atoms with van der Waals surface area (Å²) in [4.78, 5) is 11.1. The van der Waals surface area contributed by atoms with Crippen LogP contribution in [0.2, 0.25) is 0 Å². The Labute approximate surface area is 94.3 Å². The van der Waals surface area contributed by atoms with E-state index in [0.717, 1.165) is 17.7 Å². The van der Waals surface area contributed by atoms with E-state index >= 15 is 0 Å². The number of hydrogen-bond acceptors (Lipinski definition) is 4. The zero-order chi connectivity index (χ0) is 11.8. The number of nitrogens with zero attached hydrogens (tertiary/aromatic N) is 2. The Morgan fingerprint density at radius 1 is 1.69 bits per heavy atom. The van der Waals surface area contributed by atoms with Gasteiger partial charge in [-0.05, 0) is 13.8 Å². The molecule has 0 aromatic carbocycles. The predicted molar refractivity (Wildman–Crippen MR) is 56.8 cm³/mol. The first-order chi connectivity index (χ1) is 7.50. The molecule has 0 unspecified atom stereocenters. The molecule has 5 nitrogen and oxygen atoms in total. The molecule has 0 radical (unpaired) electrons. The lowest BCUT2D eigenvalue weighted by atomic mass is 9.98. The third-order valence-electron chi connectivity index (χ3n) is 2.66. The maximum Gasteiger partial charge on any atom is 0.327 e. The van der Waals surface area contributed by atoms with Gasteiger partial charge in [0.2, 0.25) is 0 Å². The highest BCUT2D eigenvalue weighted by Gasteiger charge is 2.28. The number of esters is 1. The summed E-state index contributed by atoms with van der Waals surface area (Å²) in [5.74, 6) is -0.292. The first-order valence-electron chi connectivity index (χ1n) is 5.26.